The first-order valence-electron chi connectivity index (χ1n) is 3.15. The average Bonchev–Trinajstić information content (AvgIpc) is 1.87. The predicted octanol–water partition coefficient (Wildman–Crippen LogP) is 0.937. The predicted molar refractivity (Wildman–Crippen MR) is 41.0 cm³/mol. The molecule has 9 heavy (non-hydrogen) atoms. The normalized spacial score (nSPS) is 14.2. The second-order valence-corrected chi connectivity index (χ2v) is 3.85. The van der Waals surface area contributed by atoms with E-state index in [0.717, 1.165) is 13.0 Å². The van der Waals surface area contributed by atoms with Gasteiger partial charge in [-0.25, -0.2) is 4.67 Å². The summed E-state index contributed by atoms with van der Waals surface area (Å²) in [6, 6.07) is 0. The maximum Gasteiger partial charge on any atom is 0.201 e. The van der Waals surface area contributed by atoms with Gasteiger partial charge >= 0.3 is 0 Å². The van der Waals surface area contributed by atoms with Crippen LogP contribution in [0.1, 0.15) is 13.3 Å². The van der Waals surface area contributed by atoms with E-state index < -0.39 is 8.10 Å². The van der Waals surface area contributed by atoms with Crippen molar-refractivity contribution in [3.05, 3.63) is 0 Å². The first-order chi connectivity index (χ1) is 4.22. The Labute approximate surface area is 57.3 Å². The van der Waals surface area contributed by atoms with E-state index in [1.807, 2.05) is 11.7 Å². The van der Waals surface area contributed by atoms with Crippen LogP contribution in [0.25, 0.3) is 0 Å². The summed E-state index contributed by atoms with van der Waals surface area (Å²) < 4.78 is 12.7. The molecule has 0 rings (SSSR count). The van der Waals surface area contributed by atoms with E-state index in [9.17, 15) is 4.57 Å². The molecule has 0 aliphatic carbocycles. The second-order valence-electron chi connectivity index (χ2n) is 1.98. The molecule has 0 heterocycles. The number of rotatable bonds is 4. The van der Waals surface area contributed by atoms with E-state index in [4.69, 9.17) is 0 Å². The molecular weight excluding hydrogens is 135 g/mol. The number of nitrogens with zero attached hydrogens (tertiary/aromatic N) is 1. The van der Waals surface area contributed by atoms with Gasteiger partial charge in [0.1, 0.15) is 0 Å². The zero-order valence-electron chi connectivity index (χ0n) is 6.27. The fourth-order valence-corrected chi connectivity index (χ4v) is 1.44. The molecule has 0 amide bonds. The summed E-state index contributed by atoms with van der Waals surface area (Å²) in [4.78, 5) is 0. The van der Waals surface area contributed by atoms with Crippen LogP contribution in [-0.2, 0) is 4.57 Å². The summed E-state index contributed by atoms with van der Waals surface area (Å²) in [5, 5.41) is 2.72. The van der Waals surface area contributed by atoms with E-state index >= 15 is 0 Å². The largest absolute Gasteiger partial charge is 0.292 e. The topological polar surface area (TPSA) is 32.3 Å². The molecule has 0 aromatic carbocycles. The monoisotopic (exact) mass is 150 g/mol. The lowest BCUT2D eigenvalue weighted by molar-refractivity contribution is 0.478. The van der Waals surface area contributed by atoms with E-state index in [2.05, 4.69) is 12.0 Å². The van der Waals surface area contributed by atoms with E-state index in [0.29, 0.717) is 0 Å². The molecule has 3 nitrogen and oxygen atoms in total. The summed E-state index contributed by atoms with van der Waals surface area (Å²) >= 11 is 0. The van der Waals surface area contributed by atoms with Crippen molar-refractivity contribution in [1.29, 1.82) is 0 Å². The van der Waals surface area contributed by atoms with Crippen molar-refractivity contribution in [3.63, 3.8) is 0 Å². The maximum atomic E-state index is 10.9. The molecule has 0 aliphatic heterocycles. The molecule has 4 heteroatoms. The van der Waals surface area contributed by atoms with Crippen LogP contribution in [0.5, 0.6) is 0 Å². The molecule has 56 valence electrons. The van der Waals surface area contributed by atoms with Gasteiger partial charge in [-0.2, -0.15) is 0 Å². The number of nitrogens with one attached hydrogen (secondary N) is 1. The Morgan fingerprint density at radius 3 is 2.56 bits per heavy atom. The maximum absolute atomic E-state index is 10.9. The Morgan fingerprint density at radius 1 is 1.67 bits per heavy atom. The molecule has 1 unspecified atom stereocenters. The first-order valence-corrected chi connectivity index (χ1v) is 4.50. The highest BCUT2D eigenvalue weighted by molar-refractivity contribution is 7.39. The highest BCUT2D eigenvalue weighted by Gasteiger charge is 2.00. The fourth-order valence-electron chi connectivity index (χ4n) is 0.628. The standard InChI is InChI=1S/C5H15N2OP/c1-4-5-7(3)9(8)6-2/h9H,4-5H2,1-3H3,(H,6,8). The van der Waals surface area contributed by atoms with Gasteiger partial charge in [-0.05, 0) is 20.5 Å². The van der Waals surface area contributed by atoms with Crippen molar-refractivity contribution in [2.45, 2.75) is 13.3 Å². The Morgan fingerprint density at radius 2 is 2.22 bits per heavy atom. The van der Waals surface area contributed by atoms with Crippen LogP contribution < -0.4 is 5.09 Å². The molecule has 0 fully saturated rings. The van der Waals surface area contributed by atoms with Crippen molar-refractivity contribution < 1.29 is 4.57 Å². The van der Waals surface area contributed by atoms with Gasteiger partial charge in [0.25, 0.3) is 0 Å². The zero-order chi connectivity index (χ0) is 7.28. The second kappa shape index (κ2) is 4.98. The lowest BCUT2D eigenvalue weighted by Gasteiger charge is -2.13. The molecule has 0 radical (unpaired) electrons. The molecular formula is C5H15N2OP. The fraction of sp³-hybridized carbons (Fsp3) is 1.00. The Bertz CT molecular complexity index is 97.0. The highest BCUT2D eigenvalue weighted by atomic mass is 31.1. The van der Waals surface area contributed by atoms with Crippen LogP contribution >= 0.6 is 8.10 Å². The lowest BCUT2D eigenvalue weighted by Crippen LogP contribution is -2.14. The van der Waals surface area contributed by atoms with Crippen LogP contribution in [-0.4, -0.2) is 25.3 Å². The minimum absolute atomic E-state index is 0.901. The minimum atomic E-state index is -1.64. The van der Waals surface area contributed by atoms with Gasteiger partial charge in [0, 0.05) is 6.54 Å². The summed E-state index contributed by atoms with van der Waals surface area (Å²) in [6.07, 6.45) is 1.05. The van der Waals surface area contributed by atoms with Gasteiger partial charge in [-0.1, -0.05) is 6.92 Å². The summed E-state index contributed by atoms with van der Waals surface area (Å²) in [5.41, 5.74) is 0. The number of hydrogen-bond donors (Lipinski definition) is 1. The van der Waals surface area contributed by atoms with Gasteiger partial charge in [0.05, 0.1) is 0 Å². The molecule has 0 aliphatic rings. The molecule has 0 aromatic heterocycles. The molecule has 1 N–H and O–H groups in total. The van der Waals surface area contributed by atoms with Crippen molar-refractivity contribution in [2.24, 2.45) is 0 Å². The smallest absolute Gasteiger partial charge is 0.201 e. The van der Waals surface area contributed by atoms with Gasteiger partial charge in [0.15, 0.2) is 0 Å². The summed E-state index contributed by atoms with van der Waals surface area (Å²) in [6.45, 7) is 2.97. The Hall–Kier alpha value is 0.150. The van der Waals surface area contributed by atoms with Crippen molar-refractivity contribution >= 4 is 8.10 Å². The average molecular weight is 150 g/mol. The third-order valence-electron chi connectivity index (χ3n) is 1.12. The van der Waals surface area contributed by atoms with Crippen LogP contribution in [0.3, 0.4) is 0 Å². The molecule has 0 bridgehead atoms. The third kappa shape index (κ3) is 3.68. The van der Waals surface area contributed by atoms with E-state index in [-0.39, 0.29) is 0 Å². The van der Waals surface area contributed by atoms with Crippen LogP contribution in [0.15, 0.2) is 0 Å². The van der Waals surface area contributed by atoms with Gasteiger partial charge in [0.2, 0.25) is 8.10 Å². The third-order valence-corrected chi connectivity index (χ3v) is 2.46. The number of hydrogen-bond acceptors (Lipinski definition) is 1. The van der Waals surface area contributed by atoms with E-state index in [1.165, 1.54) is 0 Å². The van der Waals surface area contributed by atoms with Crippen LogP contribution in [0, 0.1) is 0 Å². The minimum Gasteiger partial charge on any atom is -0.292 e. The molecule has 0 aromatic rings. The van der Waals surface area contributed by atoms with Gasteiger partial charge in [-0.15, -0.1) is 0 Å². The Balaban J connectivity index is 3.45. The van der Waals surface area contributed by atoms with Crippen molar-refractivity contribution in [1.82, 2.24) is 9.76 Å². The van der Waals surface area contributed by atoms with Crippen LogP contribution in [0.2, 0.25) is 0 Å². The Kier molecular flexibility index (Phi) is 5.06. The summed E-state index contributed by atoms with van der Waals surface area (Å²) in [7, 11) is 1.94. The molecule has 1 atom stereocenters. The van der Waals surface area contributed by atoms with E-state index in [1.54, 1.807) is 7.05 Å². The first kappa shape index (κ1) is 9.15. The molecule has 0 saturated heterocycles. The van der Waals surface area contributed by atoms with Crippen LogP contribution in [0.4, 0.5) is 0 Å². The highest BCUT2D eigenvalue weighted by Crippen LogP contribution is 2.17. The van der Waals surface area contributed by atoms with Gasteiger partial charge in [-0.3, -0.25) is 9.65 Å². The quantitative estimate of drug-likeness (QED) is 0.605. The molecule has 0 saturated carbocycles. The van der Waals surface area contributed by atoms with Crippen molar-refractivity contribution in [2.75, 3.05) is 20.6 Å². The lowest BCUT2D eigenvalue weighted by atomic mass is 10.5. The SMILES string of the molecule is CCCN(C)[PH](=O)NC. The van der Waals surface area contributed by atoms with Gasteiger partial charge < -0.3 is 0 Å². The summed E-state index contributed by atoms with van der Waals surface area (Å²) in [5.74, 6) is 0. The zero-order valence-corrected chi connectivity index (χ0v) is 7.27. The van der Waals surface area contributed by atoms with Crippen molar-refractivity contribution in [3.8, 4) is 0 Å². The molecule has 0 spiro atoms.